The fourth-order valence-corrected chi connectivity index (χ4v) is 3.01. The number of nitrogens with zero attached hydrogens (tertiary/aromatic N) is 1. The summed E-state index contributed by atoms with van der Waals surface area (Å²) in [7, 11) is 0. The Morgan fingerprint density at radius 3 is 2.52 bits per heavy atom. The van der Waals surface area contributed by atoms with Gasteiger partial charge < -0.3 is 15.3 Å². The van der Waals surface area contributed by atoms with Gasteiger partial charge in [0.05, 0.1) is 12.3 Å². The monoisotopic (exact) mass is 346 g/mol. The highest BCUT2D eigenvalue weighted by atomic mass is 19.1. The van der Waals surface area contributed by atoms with Gasteiger partial charge in [0.2, 0.25) is 0 Å². The predicted molar refractivity (Wildman–Crippen MR) is 91.3 cm³/mol. The molecule has 1 amide bonds. The molecule has 132 valence electrons. The maximum Gasteiger partial charge on any atom is 0.251 e. The predicted octanol–water partition coefficient (Wildman–Crippen LogP) is 2.99. The number of aliphatic hydroxyl groups excluding tert-OH is 1. The highest BCUT2D eigenvalue weighted by Crippen LogP contribution is 2.24. The summed E-state index contributed by atoms with van der Waals surface area (Å²) in [6, 6.07) is 8.76. The Balaban J connectivity index is 1.66. The first kappa shape index (κ1) is 17.4. The molecule has 0 aromatic heterocycles. The van der Waals surface area contributed by atoms with E-state index in [1.165, 1.54) is 24.3 Å². The standard InChI is InChI=1S/C19H20F2N2O2/c20-16-5-3-13(9-15(16)12-24)11-22-19(25)14-4-6-18(17(21)10-14)23-7-1-2-8-23/h3-6,9-10,24H,1-2,7-8,11-12H2,(H,22,25). The average molecular weight is 346 g/mol. The van der Waals surface area contributed by atoms with Gasteiger partial charge in [-0.1, -0.05) is 6.07 Å². The lowest BCUT2D eigenvalue weighted by molar-refractivity contribution is 0.0950. The molecule has 1 aliphatic heterocycles. The van der Waals surface area contributed by atoms with Crippen molar-refractivity contribution >= 4 is 11.6 Å². The molecular formula is C19H20F2N2O2. The number of hydrogen-bond donors (Lipinski definition) is 2. The van der Waals surface area contributed by atoms with Gasteiger partial charge in [-0.2, -0.15) is 0 Å². The van der Waals surface area contributed by atoms with E-state index in [2.05, 4.69) is 5.32 Å². The van der Waals surface area contributed by atoms with Crippen molar-refractivity contribution in [2.45, 2.75) is 26.0 Å². The first-order chi connectivity index (χ1) is 12.1. The lowest BCUT2D eigenvalue weighted by atomic mass is 10.1. The largest absolute Gasteiger partial charge is 0.392 e. The zero-order valence-corrected chi connectivity index (χ0v) is 13.8. The first-order valence-corrected chi connectivity index (χ1v) is 8.29. The molecule has 6 heteroatoms. The Labute approximate surface area is 145 Å². The first-order valence-electron chi connectivity index (χ1n) is 8.29. The quantitative estimate of drug-likeness (QED) is 0.875. The summed E-state index contributed by atoms with van der Waals surface area (Å²) in [5.74, 6) is -1.29. The number of benzene rings is 2. The number of hydrogen-bond acceptors (Lipinski definition) is 3. The van der Waals surface area contributed by atoms with Crippen molar-refractivity contribution in [3.8, 4) is 0 Å². The second-order valence-corrected chi connectivity index (χ2v) is 6.13. The zero-order valence-electron chi connectivity index (χ0n) is 13.8. The summed E-state index contributed by atoms with van der Waals surface area (Å²) in [6.07, 6.45) is 2.10. The summed E-state index contributed by atoms with van der Waals surface area (Å²) in [5, 5.41) is 11.8. The van der Waals surface area contributed by atoms with Crippen LogP contribution in [0.1, 0.15) is 34.3 Å². The van der Waals surface area contributed by atoms with Crippen molar-refractivity contribution < 1.29 is 18.7 Å². The van der Waals surface area contributed by atoms with Gasteiger partial charge in [0.1, 0.15) is 11.6 Å². The SMILES string of the molecule is O=C(NCc1ccc(F)c(CO)c1)c1ccc(N2CCCC2)c(F)c1. The van der Waals surface area contributed by atoms with E-state index in [-0.39, 0.29) is 17.7 Å². The van der Waals surface area contributed by atoms with E-state index < -0.39 is 24.1 Å². The Morgan fingerprint density at radius 2 is 1.84 bits per heavy atom. The number of carbonyl (C=O) groups is 1. The van der Waals surface area contributed by atoms with Gasteiger partial charge in [-0.15, -0.1) is 0 Å². The number of amides is 1. The van der Waals surface area contributed by atoms with Crippen molar-refractivity contribution in [1.29, 1.82) is 0 Å². The molecule has 25 heavy (non-hydrogen) atoms. The third-order valence-corrected chi connectivity index (χ3v) is 4.39. The summed E-state index contributed by atoms with van der Waals surface area (Å²) >= 11 is 0. The minimum atomic E-state index is -0.489. The number of aliphatic hydroxyl groups is 1. The lowest BCUT2D eigenvalue weighted by Gasteiger charge is -2.18. The van der Waals surface area contributed by atoms with E-state index in [9.17, 15) is 13.6 Å². The zero-order chi connectivity index (χ0) is 17.8. The van der Waals surface area contributed by atoms with Gasteiger partial charge in [0.25, 0.3) is 5.91 Å². The molecule has 3 rings (SSSR count). The molecule has 0 spiro atoms. The van der Waals surface area contributed by atoms with E-state index in [0.29, 0.717) is 11.3 Å². The number of anilines is 1. The minimum absolute atomic E-state index is 0.168. The maximum absolute atomic E-state index is 14.3. The maximum atomic E-state index is 14.3. The molecule has 4 nitrogen and oxygen atoms in total. The van der Waals surface area contributed by atoms with Crippen LogP contribution in [0.25, 0.3) is 0 Å². The summed E-state index contributed by atoms with van der Waals surface area (Å²) in [6.45, 7) is 1.43. The molecule has 2 N–H and O–H groups in total. The molecular weight excluding hydrogens is 326 g/mol. The van der Waals surface area contributed by atoms with Gasteiger partial charge in [0, 0.05) is 30.8 Å². The van der Waals surface area contributed by atoms with Crippen LogP contribution in [0.2, 0.25) is 0 Å². The van der Waals surface area contributed by atoms with Gasteiger partial charge in [-0.05, 0) is 48.7 Å². The normalized spacial score (nSPS) is 14.0. The van der Waals surface area contributed by atoms with E-state index in [1.54, 1.807) is 12.1 Å². The lowest BCUT2D eigenvalue weighted by Crippen LogP contribution is -2.24. The van der Waals surface area contributed by atoms with Crippen molar-refractivity contribution in [1.82, 2.24) is 5.32 Å². The highest BCUT2D eigenvalue weighted by molar-refractivity contribution is 5.94. The van der Waals surface area contributed by atoms with Gasteiger partial charge >= 0.3 is 0 Å². The van der Waals surface area contributed by atoms with Crippen LogP contribution >= 0.6 is 0 Å². The summed E-state index contributed by atoms with van der Waals surface area (Å²) < 4.78 is 27.6. The van der Waals surface area contributed by atoms with Crippen LogP contribution in [0.15, 0.2) is 36.4 Å². The third-order valence-electron chi connectivity index (χ3n) is 4.39. The van der Waals surface area contributed by atoms with Crippen molar-refractivity contribution in [3.05, 3.63) is 64.7 Å². The molecule has 1 heterocycles. The third kappa shape index (κ3) is 3.96. The molecule has 1 aliphatic rings. The smallest absolute Gasteiger partial charge is 0.251 e. The van der Waals surface area contributed by atoms with Crippen LogP contribution in [0.5, 0.6) is 0 Å². The second kappa shape index (κ2) is 7.61. The molecule has 2 aromatic rings. The Hall–Kier alpha value is -2.47. The Kier molecular flexibility index (Phi) is 5.28. The van der Waals surface area contributed by atoms with Crippen LogP contribution < -0.4 is 10.2 Å². The highest BCUT2D eigenvalue weighted by Gasteiger charge is 2.17. The van der Waals surface area contributed by atoms with E-state index in [1.807, 2.05) is 4.90 Å². The Morgan fingerprint density at radius 1 is 1.08 bits per heavy atom. The summed E-state index contributed by atoms with van der Waals surface area (Å²) in [5.41, 5.74) is 1.60. The fourth-order valence-electron chi connectivity index (χ4n) is 3.01. The van der Waals surface area contributed by atoms with E-state index >= 15 is 0 Å². The van der Waals surface area contributed by atoms with E-state index in [0.717, 1.165) is 25.9 Å². The van der Waals surface area contributed by atoms with Gasteiger partial charge in [-0.25, -0.2) is 8.78 Å². The molecule has 0 radical (unpaired) electrons. The van der Waals surface area contributed by atoms with Crippen LogP contribution in [0.3, 0.4) is 0 Å². The number of carbonyl (C=O) groups excluding carboxylic acids is 1. The Bertz CT molecular complexity index is 774. The fraction of sp³-hybridized carbons (Fsp3) is 0.316. The minimum Gasteiger partial charge on any atom is -0.392 e. The van der Waals surface area contributed by atoms with Crippen LogP contribution in [-0.4, -0.2) is 24.1 Å². The molecule has 0 bridgehead atoms. The molecule has 1 saturated heterocycles. The number of nitrogens with one attached hydrogen (secondary N) is 1. The van der Waals surface area contributed by atoms with Crippen molar-refractivity contribution in [2.75, 3.05) is 18.0 Å². The van der Waals surface area contributed by atoms with Crippen LogP contribution in [0.4, 0.5) is 14.5 Å². The van der Waals surface area contributed by atoms with E-state index in [4.69, 9.17) is 5.11 Å². The molecule has 2 aromatic carbocycles. The molecule has 0 aliphatic carbocycles. The number of halogens is 2. The molecule has 0 atom stereocenters. The van der Waals surface area contributed by atoms with Crippen LogP contribution in [0, 0.1) is 11.6 Å². The van der Waals surface area contributed by atoms with Crippen molar-refractivity contribution in [3.63, 3.8) is 0 Å². The molecule has 0 unspecified atom stereocenters. The second-order valence-electron chi connectivity index (χ2n) is 6.13. The topological polar surface area (TPSA) is 52.6 Å². The molecule has 0 saturated carbocycles. The average Bonchev–Trinajstić information content (AvgIpc) is 3.15. The molecule has 1 fully saturated rings. The van der Waals surface area contributed by atoms with Gasteiger partial charge in [0.15, 0.2) is 0 Å². The van der Waals surface area contributed by atoms with Crippen molar-refractivity contribution in [2.24, 2.45) is 0 Å². The number of rotatable bonds is 5. The summed E-state index contributed by atoms with van der Waals surface area (Å²) in [4.78, 5) is 14.2. The van der Waals surface area contributed by atoms with Gasteiger partial charge in [-0.3, -0.25) is 4.79 Å². The van der Waals surface area contributed by atoms with Crippen LogP contribution in [-0.2, 0) is 13.2 Å².